The van der Waals surface area contributed by atoms with E-state index >= 15 is 0 Å². The quantitative estimate of drug-likeness (QED) is 0.851. The molecular weight excluding hydrogens is 312 g/mol. The second kappa shape index (κ2) is 6.45. The van der Waals surface area contributed by atoms with Crippen LogP contribution in [0.3, 0.4) is 0 Å². The van der Waals surface area contributed by atoms with Crippen molar-refractivity contribution in [3.63, 3.8) is 0 Å². The maximum atomic E-state index is 12.4. The smallest absolute Gasteiger partial charge is 0.341 e. The van der Waals surface area contributed by atoms with Crippen LogP contribution in [-0.2, 0) is 4.79 Å². The summed E-state index contributed by atoms with van der Waals surface area (Å²) in [6.07, 6.45) is 1.61. The van der Waals surface area contributed by atoms with E-state index in [9.17, 15) is 9.59 Å². The van der Waals surface area contributed by atoms with Crippen molar-refractivity contribution in [3.8, 4) is 17.2 Å². The van der Waals surface area contributed by atoms with E-state index in [2.05, 4.69) is 0 Å². The van der Waals surface area contributed by atoms with Gasteiger partial charge >= 0.3 is 5.97 Å². The van der Waals surface area contributed by atoms with Crippen LogP contribution in [0.4, 0.5) is 0 Å². The number of ketones is 1. The molecule has 0 spiro atoms. The Morgan fingerprint density at radius 1 is 1.25 bits per heavy atom. The molecule has 1 aliphatic rings. The van der Waals surface area contributed by atoms with Gasteiger partial charge in [0.15, 0.2) is 12.4 Å². The summed E-state index contributed by atoms with van der Waals surface area (Å²) in [6, 6.07) is 11.9. The lowest BCUT2D eigenvalue weighted by molar-refractivity contribution is -0.139. The minimum Gasteiger partial charge on any atom is -0.496 e. The van der Waals surface area contributed by atoms with Crippen molar-refractivity contribution in [1.29, 1.82) is 0 Å². The predicted molar refractivity (Wildman–Crippen MR) is 85.5 cm³/mol. The highest BCUT2D eigenvalue weighted by molar-refractivity contribution is 6.14. The van der Waals surface area contributed by atoms with E-state index in [0.717, 1.165) is 5.56 Å². The fraction of sp³-hybridized carbons (Fsp3) is 0.111. The zero-order chi connectivity index (χ0) is 17.1. The Morgan fingerprint density at radius 3 is 2.79 bits per heavy atom. The molecule has 1 N–H and O–H groups in total. The Hall–Kier alpha value is -3.28. The van der Waals surface area contributed by atoms with E-state index in [0.29, 0.717) is 22.8 Å². The molecule has 2 aromatic carbocycles. The van der Waals surface area contributed by atoms with E-state index in [1.54, 1.807) is 25.3 Å². The summed E-state index contributed by atoms with van der Waals surface area (Å²) >= 11 is 0. The largest absolute Gasteiger partial charge is 0.496 e. The lowest BCUT2D eigenvalue weighted by Crippen LogP contribution is -2.09. The van der Waals surface area contributed by atoms with Gasteiger partial charge < -0.3 is 19.3 Å². The fourth-order valence-corrected chi connectivity index (χ4v) is 2.33. The van der Waals surface area contributed by atoms with Crippen molar-refractivity contribution < 1.29 is 28.9 Å². The summed E-state index contributed by atoms with van der Waals surface area (Å²) in [5.74, 6) is 0.129. The second-order valence-corrected chi connectivity index (χ2v) is 5.02. The van der Waals surface area contributed by atoms with Crippen molar-refractivity contribution in [2.45, 2.75) is 0 Å². The van der Waals surface area contributed by atoms with Crippen LogP contribution < -0.4 is 14.2 Å². The van der Waals surface area contributed by atoms with E-state index in [1.807, 2.05) is 18.2 Å². The second-order valence-electron chi connectivity index (χ2n) is 5.02. The highest BCUT2D eigenvalue weighted by Gasteiger charge is 2.28. The monoisotopic (exact) mass is 326 g/mol. The van der Waals surface area contributed by atoms with Gasteiger partial charge in [-0.3, -0.25) is 4.79 Å². The van der Waals surface area contributed by atoms with Crippen LogP contribution in [0.2, 0.25) is 0 Å². The van der Waals surface area contributed by atoms with Crippen LogP contribution >= 0.6 is 0 Å². The van der Waals surface area contributed by atoms with Crippen LogP contribution in [0.1, 0.15) is 15.9 Å². The molecule has 0 bridgehead atoms. The summed E-state index contributed by atoms with van der Waals surface area (Å²) in [5.41, 5.74) is 1.12. The van der Waals surface area contributed by atoms with Gasteiger partial charge in [-0.15, -0.1) is 0 Å². The van der Waals surface area contributed by atoms with Crippen LogP contribution in [0.25, 0.3) is 6.08 Å². The summed E-state index contributed by atoms with van der Waals surface area (Å²) in [6.45, 7) is -0.462. The minimum atomic E-state index is -1.08. The third-order valence-electron chi connectivity index (χ3n) is 3.43. The third kappa shape index (κ3) is 3.08. The molecule has 0 fully saturated rings. The van der Waals surface area contributed by atoms with Crippen LogP contribution in [0.15, 0.2) is 48.2 Å². The van der Waals surface area contributed by atoms with Gasteiger partial charge in [-0.1, -0.05) is 18.2 Å². The van der Waals surface area contributed by atoms with Gasteiger partial charge in [-0.05, 0) is 24.3 Å². The van der Waals surface area contributed by atoms with E-state index < -0.39 is 12.6 Å². The number of methoxy groups -OCH3 is 1. The molecule has 0 amide bonds. The fourth-order valence-electron chi connectivity index (χ4n) is 2.33. The molecule has 122 valence electrons. The van der Waals surface area contributed by atoms with Gasteiger partial charge in [0, 0.05) is 11.6 Å². The number of hydrogen-bond acceptors (Lipinski definition) is 5. The number of carboxylic acids is 1. The molecule has 6 heteroatoms. The van der Waals surface area contributed by atoms with Gasteiger partial charge in [0.25, 0.3) is 0 Å². The molecule has 6 nitrogen and oxygen atoms in total. The summed E-state index contributed by atoms with van der Waals surface area (Å²) in [4.78, 5) is 23.0. The normalized spacial score (nSPS) is 14.2. The molecule has 2 aromatic rings. The molecule has 1 heterocycles. The van der Waals surface area contributed by atoms with E-state index in [4.69, 9.17) is 19.3 Å². The average molecular weight is 326 g/mol. The topological polar surface area (TPSA) is 82.1 Å². The Morgan fingerprint density at radius 2 is 2.04 bits per heavy atom. The van der Waals surface area contributed by atoms with Crippen molar-refractivity contribution in [2.24, 2.45) is 0 Å². The first kappa shape index (κ1) is 15.6. The summed E-state index contributed by atoms with van der Waals surface area (Å²) < 4.78 is 15.9. The number of Topliss-reactive ketones (excluding diaryl/α,β-unsaturated/α-hetero) is 1. The molecule has 0 saturated heterocycles. The van der Waals surface area contributed by atoms with Crippen molar-refractivity contribution >= 4 is 17.8 Å². The maximum absolute atomic E-state index is 12.4. The number of aliphatic carboxylic acids is 1. The number of rotatable bonds is 5. The molecule has 0 saturated carbocycles. The van der Waals surface area contributed by atoms with E-state index in [1.165, 1.54) is 12.1 Å². The van der Waals surface area contributed by atoms with Gasteiger partial charge in [0.2, 0.25) is 5.78 Å². The molecular formula is C18H14O6. The number of allylic oxidation sites excluding steroid dienone is 1. The Kier molecular flexibility index (Phi) is 4.20. The number of para-hydroxylation sites is 1. The SMILES string of the molecule is COc1ccccc1/C=C1\Oc2cc(OCC(=O)O)ccc2C1=O. The molecule has 1 aliphatic heterocycles. The van der Waals surface area contributed by atoms with Crippen LogP contribution in [-0.4, -0.2) is 30.6 Å². The molecule has 0 unspecified atom stereocenters. The third-order valence-corrected chi connectivity index (χ3v) is 3.43. The highest BCUT2D eigenvalue weighted by Crippen LogP contribution is 2.35. The predicted octanol–water partition coefficient (Wildman–Crippen LogP) is 2.77. The van der Waals surface area contributed by atoms with Gasteiger partial charge in [-0.2, -0.15) is 0 Å². The van der Waals surface area contributed by atoms with Crippen molar-refractivity contribution in [1.82, 2.24) is 0 Å². The van der Waals surface area contributed by atoms with Crippen LogP contribution in [0.5, 0.6) is 17.2 Å². The summed E-state index contributed by atoms with van der Waals surface area (Å²) in [7, 11) is 1.55. The first-order chi connectivity index (χ1) is 11.6. The molecule has 0 aliphatic carbocycles. The number of carboxylic acid groups (broad SMARTS) is 1. The minimum absolute atomic E-state index is 0.171. The maximum Gasteiger partial charge on any atom is 0.341 e. The molecule has 0 aromatic heterocycles. The Bertz CT molecular complexity index is 837. The molecule has 0 atom stereocenters. The number of carbonyl (C=O) groups is 2. The first-order valence-electron chi connectivity index (χ1n) is 7.14. The summed E-state index contributed by atoms with van der Waals surface area (Å²) in [5, 5.41) is 8.63. The van der Waals surface area contributed by atoms with Crippen molar-refractivity contribution in [2.75, 3.05) is 13.7 Å². The number of ether oxygens (including phenoxy) is 3. The van der Waals surface area contributed by atoms with Gasteiger partial charge in [0.1, 0.15) is 17.2 Å². The Labute approximate surface area is 137 Å². The lowest BCUT2D eigenvalue weighted by Gasteiger charge is -2.05. The highest BCUT2D eigenvalue weighted by atomic mass is 16.5. The lowest BCUT2D eigenvalue weighted by atomic mass is 10.1. The van der Waals surface area contributed by atoms with Crippen molar-refractivity contribution in [3.05, 3.63) is 59.4 Å². The number of benzene rings is 2. The van der Waals surface area contributed by atoms with E-state index in [-0.39, 0.29) is 11.5 Å². The molecule has 24 heavy (non-hydrogen) atoms. The number of hydrogen-bond donors (Lipinski definition) is 1. The van der Waals surface area contributed by atoms with Gasteiger partial charge in [0.05, 0.1) is 12.7 Å². The zero-order valence-electron chi connectivity index (χ0n) is 12.8. The number of fused-ring (bicyclic) bond motifs is 1. The molecule has 3 rings (SSSR count). The first-order valence-corrected chi connectivity index (χ1v) is 7.14. The van der Waals surface area contributed by atoms with Crippen LogP contribution in [0, 0.1) is 0 Å². The molecule has 0 radical (unpaired) electrons. The zero-order valence-corrected chi connectivity index (χ0v) is 12.8. The standard InChI is InChI=1S/C18H14O6/c1-22-14-5-3-2-4-11(14)8-16-18(21)13-7-6-12(9-15(13)24-16)23-10-17(19)20/h2-9H,10H2,1H3,(H,19,20)/b16-8-. The average Bonchev–Trinajstić information content (AvgIpc) is 2.89. The number of carbonyl (C=O) groups excluding carboxylic acids is 1. The van der Waals surface area contributed by atoms with Gasteiger partial charge in [-0.25, -0.2) is 4.79 Å². The Balaban J connectivity index is 1.87.